The van der Waals surface area contributed by atoms with Gasteiger partial charge in [-0.05, 0) is 20.3 Å². The molecule has 0 bridgehead atoms. The van der Waals surface area contributed by atoms with E-state index in [-0.39, 0.29) is 6.61 Å². The molecule has 0 amide bonds. The minimum Gasteiger partial charge on any atom is -0.506 e. The zero-order valence-corrected chi connectivity index (χ0v) is 15.5. The molecule has 1 rings (SSSR count). The summed E-state index contributed by atoms with van der Waals surface area (Å²) < 4.78 is 47.0. The van der Waals surface area contributed by atoms with Crippen LogP contribution < -0.4 is 5.43 Å². The van der Waals surface area contributed by atoms with E-state index in [1.54, 1.807) is 0 Å². The number of nitro groups is 1. The van der Waals surface area contributed by atoms with Crippen LogP contribution in [0.5, 0.6) is 0 Å². The van der Waals surface area contributed by atoms with Crippen molar-refractivity contribution >= 4 is 23.6 Å². The van der Waals surface area contributed by atoms with Gasteiger partial charge in [-0.3, -0.25) is 10.1 Å². The second kappa shape index (κ2) is 10.3. The van der Waals surface area contributed by atoms with Crippen LogP contribution in [-0.4, -0.2) is 35.4 Å². The summed E-state index contributed by atoms with van der Waals surface area (Å²) in [6.45, 7) is 4.50. The molecule has 0 aromatic heterocycles. The molecule has 0 aliphatic heterocycles. The lowest BCUT2D eigenvalue weighted by Gasteiger charge is -2.11. The Labute approximate surface area is 158 Å². The first kappa shape index (κ1) is 22.9. The van der Waals surface area contributed by atoms with E-state index in [0.717, 1.165) is 26.0 Å². The number of carbonyl (C=O) groups excluding carboxylic acids is 1. The Morgan fingerprint density at radius 1 is 1.29 bits per heavy atom. The highest BCUT2D eigenvalue weighted by Gasteiger charge is 2.35. The molecule has 0 radical (unpaired) electrons. The first-order chi connectivity index (χ1) is 13.2. The monoisotopic (exact) mass is 403 g/mol. The number of nitrogens with zero attached hydrogens (tertiary/aromatic N) is 2. The number of halogens is 3. The smallest absolute Gasteiger partial charge is 0.343 e. The van der Waals surface area contributed by atoms with Gasteiger partial charge in [0.1, 0.15) is 22.7 Å². The third-order valence-electron chi connectivity index (χ3n) is 3.61. The van der Waals surface area contributed by atoms with Crippen LogP contribution in [0.25, 0.3) is 5.76 Å². The van der Waals surface area contributed by atoms with Crippen LogP contribution in [0.4, 0.5) is 18.9 Å². The van der Waals surface area contributed by atoms with Crippen molar-refractivity contribution in [3.05, 3.63) is 44.3 Å². The van der Waals surface area contributed by atoms with Crippen molar-refractivity contribution in [3.63, 3.8) is 0 Å². The van der Waals surface area contributed by atoms with Crippen molar-refractivity contribution in [3.8, 4) is 0 Å². The van der Waals surface area contributed by atoms with E-state index in [1.807, 2.05) is 6.92 Å². The molecule has 0 spiro atoms. The summed E-state index contributed by atoms with van der Waals surface area (Å²) in [6.07, 6.45) is 2.35. The largest absolute Gasteiger partial charge is 0.506 e. The Morgan fingerprint density at radius 2 is 1.93 bits per heavy atom. The predicted octanol–water partition coefficient (Wildman–Crippen LogP) is 3.53. The molecule has 0 fully saturated rings. The van der Waals surface area contributed by atoms with Crippen LogP contribution >= 0.6 is 0 Å². The molecule has 0 aliphatic rings. The van der Waals surface area contributed by atoms with Gasteiger partial charge in [-0.1, -0.05) is 13.3 Å². The van der Waals surface area contributed by atoms with Gasteiger partial charge >= 0.3 is 11.7 Å². The predicted molar refractivity (Wildman–Crippen MR) is 95.3 cm³/mol. The van der Waals surface area contributed by atoms with Crippen molar-refractivity contribution in [2.24, 2.45) is 5.10 Å². The van der Waals surface area contributed by atoms with Crippen molar-refractivity contribution in [2.75, 3.05) is 13.2 Å². The van der Waals surface area contributed by atoms with Crippen molar-refractivity contribution in [2.45, 2.75) is 33.6 Å². The molecule has 154 valence electrons. The highest BCUT2D eigenvalue weighted by Crippen LogP contribution is 2.35. The molecule has 11 heteroatoms. The minimum absolute atomic E-state index is 0.131. The van der Waals surface area contributed by atoms with Gasteiger partial charge in [0.15, 0.2) is 5.82 Å². The van der Waals surface area contributed by atoms with Crippen LogP contribution in [0.2, 0.25) is 0 Å². The second-order valence-electron chi connectivity index (χ2n) is 5.55. The number of benzene rings is 1. The highest BCUT2D eigenvalue weighted by molar-refractivity contribution is 6.15. The highest BCUT2D eigenvalue weighted by atomic mass is 19.2. The molecule has 1 aromatic carbocycles. The van der Waals surface area contributed by atoms with E-state index in [0.29, 0.717) is 6.54 Å². The number of hydrogen-bond donors (Lipinski definition) is 2. The van der Waals surface area contributed by atoms with Gasteiger partial charge in [-0.2, -0.15) is 9.49 Å². The van der Waals surface area contributed by atoms with E-state index < -0.39 is 56.5 Å². The zero-order valence-electron chi connectivity index (χ0n) is 15.5. The van der Waals surface area contributed by atoms with Gasteiger partial charge < -0.3 is 15.3 Å². The Kier molecular flexibility index (Phi) is 8.42. The number of rotatable bonds is 9. The van der Waals surface area contributed by atoms with E-state index >= 15 is 0 Å². The van der Waals surface area contributed by atoms with Crippen LogP contribution in [0, 0.1) is 34.5 Å². The third-order valence-corrected chi connectivity index (χ3v) is 3.61. The van der Waals surface area contributed by atoms with Crippen LogP contribution in [-0.2, 0) is 9.53 Å². The van der Waals surface area contributed by atoms with E-state index in [9.17, 15) is 33.2 Å². The van der Waals surface area contributed by atoms with Gasteiger partial charge in [0.25, 0.3) is 0 Å². The summed E-state index contributed by atoms with van der Waals surface area (Å²) in [6, 6.07) is 0. The normalized spacial score (nSPS) is 12.1. The number of hydrazone groups is 1. The van der Waals surface area contributed by atoms with E-state index in [4.69, 9.17) is 4.74 Å². The molecule has 0 unspecified atom stereocenters. The summed E-state index contributed by atoms with van der Waals surface area (Å²) in [5, 5.41) is 25.2. The summed E-state index contributed by atoms with van der Waals surface area (Å²) in [5.74, 6) is -7.81. The fourth-order valence-electron chi connectivity index (χ4n) is 2.14. The average Bonchev–Trinajstić information content (AvgIpc) is 2.65. The molecule has 2 N–H and O–H groups in total. The van der Waals surface area contributed by atoms with E-state index in [2.05, 4.69) is 10.5 Å². The quantitative estimate of drug-likeness (QED) is 0.0953. The van der Waals surface area contributed by atoms with Crippen LogP contribution in [0.1, 0.15) is 37.8 Å². The number of nitro benzene ring substituents is 1. The maximum atomic E-state index is 14.5. The number of carbonyl (C=O) groups is 1. The Morgan fingerprint density at radius 3 is 2.46 bits per heavy atom. The lowest BCUT2D eigenvalue weighted by Crippen LogP contribution is -2.16. The third kappa shape index (κ3) is 4.99. The molecular weight excluding hydrogens is 383 g/mol. The molecule has 0 aliphatic carbocycles. The average molecular weight is 403 g/mol. The molecule has 0 atom stereocenters. The topological polar surface area (TPSA) is 114 Å². The number of esters is 1. The molecular formula is C17H20F3N3O5. The fourth-order valence-corrected chi connectivity index (χ4v) is 2.14. The lowest BCUT2D eigenvalue weighted by atomic mass is 10.0. The Bertz CT molecular complexity index is 825. The van der Waals surface area contributed by atoms with Gasteiger partial charge in [-0.25, -0.2) is 13.6 Å². The van der Waals surface area contributed by atoms with E-state index in [1.165, 1.54) is 6.92 Å². The first-order valence-electron chi connectivity index (χ1n) is 8.36. The van der Waals surface area contributed by atoms with Crippen LogP contribution in [0.15, 0.2) is 10.7 Å². The standard InChI is InChI=1S/C17H20F3N3O5/c1-4-6-7-21-22-8-10(17(25)28-5-2)16(24)11-12(18)9(3)13(19)14(20)15(11)23(26)27/h8,21,24H,4-7H2,1-3H3. The molecule has 28 heavy (non-hydrogen) atoms. The summed E-state index contributed by atoms with van der Waals surface area (Å²) in [7, 11) is 0. The van der Waals surface area contributed by atoms with Crippen LogP contribution in [0.3, 0.4) is 0 Å². The maximum Gasteiger partial charge on any atom is 0.343 e. The number of ether oxygens (including phenoxy) is 1. The van der Waals surface area contributed by atoms with Gasteiger partial charge in [0.2, 0.25) is 5.82 Å². The number of unbranched alkanes of at least 4 members (excludes halogenated alkanes) is 1. The van der Waals surface area contributed by atoms with Crippen molar-refractivity contribution in [1.82, 2.24) is 5.43 Å². The second-order valence-corrected chi connectivity index (χ2v) is 5.55. The lowest BCUT2D eigenvalue weighted by molar-refractivity contribution is -0.388. The number of aliphatic hydroxyl groups is 1. The SMILES string of the molecule is CCCCNN=CC(C(=O)OCC)=C(O)c1c(F)c(C)c(F)c(F)c1[N+](=O)[O-]. The number of nitrogens with one attached hydrogen (secondary N) is 1. The van der Waals surface area contributed by atoms with Gasteiger partial charge in [0, 0.05) is 12.1 Å². The molecule has 1 aromatic rings. The molecule has 0 heterocycles. The number of hydrogen-bond acceptors (Lipinski definition) is 7. The summed E-state index contributed by atoms with van der Waals surface area (Å²) in [5.41, 5.74) is -2.02. The first-order valence-corrected chi connectivity index (χ1v) is 8.36. The number of aliphatic hydroxyl groups excluding tert-OH is 1. The zero-order chi connectivity index (χ0) is 21.4. The summed E-state index contributed by atoms with van der Waals surface area (Å²) >= 11 is 0. The molecule has 0 saturated carbocycles. The van der Waals surface area contributed by atoms with Gasteiger partial charge in [0.05, 0.1) is 17.7 Å². The Hall–Kier alpha value is -3.11. The maximum absolute atomic E-state index is 14.5. The van der Waals surface area contributed by atoms with Crippen molar-refractivity contribution < 1.29 is 32.7 Å². The molecule has 8 nitrogen and oxygen atoms in total. The van der Waals surface area contributed by atoms with Gasteiger partial charge in [-0.15, -0.1) is 0 Å². The fraction of sp³-hybridized carbons (Fsp3) is 0.412. The Balaban J connectivity index is 3.67. The minimum atomic E-state index is -1.97. The van der Waals surface area contributed by atoms with Crippen molar-refractivity contribution in [1.29, 1.82) is 0 Å². The molecule has 0 saturated heterocycles. The summed E-state index contributed by atoms with van der Waals surface area (Å²) in [4.78, 5) is 21.8.